The van der Waals surface area contributed by atoms with Crippen LogP contribution in [0.2, 0.25) is 0 Å². The molecule has 1 fully saturated rings. The quantitative estimate of drug-likeness (QED) is 0.414. The average molecular weight is 387 g/mol. The van der Waals surface area contributed by atoms with Crippen molar-refractivity contribution in [2.24, 2.45) is 0 Å². The van der Waals surface area contributed by atoms with Gasteiger partial charge in [-0.3, -0.25) is 14.9 Å². The molecule has 2 aromatic carbocycles. The first kappa shape index (κ1) is 19.6. The Morgan fingerprint density at radius 1 is 1.07 bits per heavy atom. The van der Waals surface area contributed by atoms with Crippen molar-refractivity contribution in [3.63, 3.8) is 0 Å². The lowest BCUT2D eigenvalue weighted by Gasteiger charge is -2.36. The summed E-state index contributed by atoms with van der Waals surface area (Å²) in [5.74, 6) is -0.00149. The summed E-state index contributed by atoms with van der Waals surface area (Å²) in [5.41, 5.74) is 0.872. The van der Waals surface area contributed by atoms with Crippen LogP contribution in [0.1, 0.15) is 12.8 Å². The number of anilines is 1. The first-order valence-electron chi connectivity index (χ1n) is 9.19. The van der Waals surface area contributed by atoms with Crippen molar-refractivity contribution in [2.45, 2.75) is 12.8 Å². The number of piperazine rings is 1. The number of benzene rings is 2. The highest BCUT2D eigenvalue weighted by Crippen LogP contribution is 2.26. The largest absolute Gasteiger partial charge is 0.487 e. The standard InChI is InChI=1S/C20H22FN3O4/c21-16-7-9-17(10-8-16)22-11-13-23(14-12-22)20(25)6-3-15-28-19-5-2-1-4-18(19)24(26)27/h1-2,4-5,7-10H,3,6,11-15H2. The molecule has 0 spiro atoms. The van der Waals surface area contributed by atoms with Gasteiger partial charge in [0.25, 0.3) is 0 Å². The Labute approximate surface area is 162 Å². The number of halogens is 1. The van der Waals surface area contributed by atoms with Crippen molar-refractivity contribution in [1.29, 1.82) is 0 Å². The number of carbonyl (C=O) groups is 1. The molecule has 0 bridgehead atoms. The van der Waals surface area contributed by atoms with Gasteiger partial charge in [0.15, 0.2) is 5.75 Å². The van der Waals surface area contributed by atoms with E-state index in [2.05, 4.69) is 4.90 Å². The molecule has 0 saturated carbocycles. The predicted octanol–water partition coefficient (Wildman–Crippen LogP) is 3.24. The van der Waals surface area contributed by atoms with Gasteiger partial charge in [0, 0.05) is 44.4 Å². The number of carbonyl (C=O) groups excluding carboxylic acids is 1. The summed E-state index contributed by atoms with van der Waals surface area (Å²) in [6.07, 6.45) is 0.820. The van der Waals surface area contributed by atoms with Gasteiger partial charge in [-0.1, -0.05) is 12.1 Å². The molecule has 0 aliphatic carbocycles. The Morgan fingerprint density at radius 2 is 1.75 bits per heavy atom. The molecule has 0 aromatic heterocycles. The summed E-state index contributed by atoms with van der Waals surface area (Å²) in [4.78, 5) is 26.8. The lowest BCUT2D eigenvalue weighted by molar-refractivity contribution is -0.385. The second-order valence-electron chi connectivity index (χ2n) is 6.52. The molecule has 1 aliphatic heterocycles. The number of nitro benzene ring substituents is 1. The number of nitro groups is 1. The van der Waals surface area contributed by atoms with Crippen LogP contribution in [0.3, 0.4) is 0 Å². The third-order valence-corrected chi connectivity index (χ3v) is 4.68. The van der Waals surface area contributed by atoms with E-state index in [1.807, 2.05) is 4.90 Å². The Kier molecular flexibility index (Phi) is 6.41. The van der Waals surface area contributed by atoms with E-state index in [-0.39, 0.29) is 29.8 Å². The smallest absolute Gasteiger partial charge is 0.310 e. The maximum absolute atomic E-state index is 13.0. The Morgan fingerprint density at radius 3 is 2.43 bits per heavy atom. The van der Waals surface area contributed by atoms with Gasteiger partial charge in [0.1, 0.15) is 5.82 Å². The molecule has 8 heteroatoms. The molecule has 3 rings (SSSR count). The summed E-state index contributed by atoms with van der Waals surface area (Å²) in [7, 11) is 0. The minimum atomic E-state index is -0.485. The van der Waals surface area contributed by atoms with Crippen LogP contribution < -0.4 is 9.64 Å². The number of rotatable bonds is 7. The van der Waals surface area contributed by atoms with Gasteiger partial charge in [-0.05, 0) is 36.8 Å². The van der Waals surface area contributed by atoms with E-state index < -0.39 is 4.92 Å². The van der Waals surface area contributed by atoms with Crippen LogP contribution >= 0.6 is 0 Å². The number of hydrogen-bond donors (Lipinski definition) is 0. The zero-order valence-electron chi connectivity index (χ0n) is 15.4. The molecule has 1 amide bonds. The third kappa shape index (κ3) is 4.97. The van der Waals surface area contributed by atoms with Gasteiger partial charge in [-0.2, -0.15) is 0 Å². The van der Waals surface area contributed by atoms with E-state index in [0.29, 0.717) is 39.0 Å². The molecule has 0 unspecified atom stereocenters. The molecule has 7 nitrogen and oxygen atoms in total. The summed E-state index contributed by atoms with van der Waals surface area (Å²) >= 11 is 0. The lowest BCUT2D eigenvalue weighted by Crippen LogP contribution is -2.48. The normalized spacial score (nSPS) is 14.0. The molecule has 148 valence electrons. The highest BCUT2D eigenvalue weighted by molar-refractivity contribution is 5.76. The van der Waals surface area contributed by atoms with Crippen LogP contribution in [0.25, 0.3) is 0 Å². The van der Waals surface area contributed by atoms with Crippen molar-refractivity contribution in [1.82, 2.24) is 4.90 Å². The molecular formula is C20H22FN3O4. The fourth-order valence-electron chi connectivity index (χ4n) is 3.16. The zero-order chi connectivity index (χ0) is 19.9. The third-order valence-electron chi connectivity index (χ3n) is 4.68. The Balaban J connectivity index is 1.40. The van der Waals surface area contributed by atoms with E-state index >= 15 is 0 Å². The van der Waals surface area contributed by atoms with Gasteiger partial charge in [0.05, 0.1) is 11.5 Å². The number of para-hydroxylation sites is 2. The first-order chi connectivity index (χ1) is 13.5. The number of ether oxygens (including phenoxy) is 1. The lowest BCUT2D eigenvalue weighted by atomic mass is 10.2. The van der Waals surface area contributed by atoms with Gasteiger partial charge in [-0.15, -0.1) is 0 Å². The van der Waals surface area contributed by atoms with E-state index in [4.69, 9.17) is 4.74 Å². The first-order valence-corrected chi connectivity index (χ1v) is 9.19. The van der Waals surface area contributed by atoms with Crippen LogP contribution in [-0.4, -0.2) is 48.5 Å². The van der Waals surface area contributed by atoms with Gasteiger partial charge >= 0.3 is 5.69 Å². The molecule has 1 aliphatic rings. The Hall–Kier alpha value is -3.16. The molecule has 1 saturated heterocycles. The van der Waals surface area contributed by atoms with E-state index in [0.717, 1.165) is 5.69 Å². The second-order valence-corrected chi connectivity index (χ2v) is 6.52. The second kappa shape index (κ2) is 9.16. The molecule has 1 heterocycles. The van der Waals surface area contributed by atoms with Crippen molar-refractivity contribution in [3.8, 4) is 5.75 Å². The SMILES string of the molecule is O=C(CCCOc1ccccc1[N+](=O)[O-])N1CCN(c2ccc(F)cc2)CC1. The molecule has 0 atom stereocenters. The van der Waals surface area contributed by atoms with Crippen molar-refractivity contribution >= 4 is 17.3 Å². The van der Waals surface area contributed by atoms with Crippen molar-refractivity contribution < 1.29 is 18.8 Å². The van der Waals surface area contributed by atoms with Crippen molar-refractivity contribution in [2.75, 3.05) is 37.7 Å². The highest BCUT2D eigenvalue weighted by Gasteiger charge is 2.21. The van der Waals surface area contributed by atoms with E-state index in [9.17, 15) is 19.3 Å². The van der Waals surface area contributed by atoms with Crippen LogP contribution in [0, 0.1) is 15.9 Å². The van der Waals surface area contributed by atoms with Crippen LogP contribution in [0.15, 0.2) is 48.5 Å². The molecule has 28 heavy (non-hydrogen) atoms. The molecule has 0 N–H and O–H groups in total. The van der Waals surface area contributed by atoms with E-state index in [1.165, 1.54) is 18.2 Å². The van der Waals surface area contributed by atoms with Gasteiger partial charge in [0.2, 0.25) is 5.91 Å². The highest BCUT2D eigenvalue weighted by atomic mass is 19.1. The maximum Gasteiger partial charge on any atom is 0.310 e. The molecular weight excluding hydrogens is 365 g/mol. The summed E-state index contributed by atoms with van der Waals surface area (Å²) < 4.78 is 18.5. The molecule has 0 radical (unpaired) electrons. The van der Waals surface area contributed by atoms with Gasteiger partial charge in [-0.25, -0.2) is 4.39 Å². The minimum Gasteiger partial charge on any atom is -0.487 e. The number of nitrogens with zero attached hydrogens (tertiary/aromatic N) is 3. The number of hydrogen-bond acceptors (Lipinski definition) is 5. The van der Waals surface area contributed by atoms with Crippen LogP contribution in [-0.2, 0) is 4.79 Å². The summed E-state index contributed by atoms with van der Waals surface area (Å²) in [5, 5.41) is 11.0. The topological polar surface area (TPSA) is 75.9 Å². The zero-order valence-corrected chi connectivity index (χ0v) is 15.4. The van der Waals surface area contributed by atoms with Gasteiger partial charge < -0.3 is 14.5 Å². The molecule has 2 aromatic rings. The fourth-order valence-corrected chi connectivity index (χ4v) is 3.16. The summed E-state index contributed by atoms with van der Waals surface area (Å²) in [6.45, 7) is 2.86. The van der Waals surface area contributed by atoms with Crippen molar-refractivity contribution in [3.05, 3.63) is 64.5 Å². The summed E-state index contributed by atoms with van der Waals surface area (Å²) in [6, 6.07) is 12.6. The maximum atomic E-state index is 13.0. The van der Waals surface area contributed by atoms with Crippen LogP contribution in [0.5, 0.6) is 5.75 Å². The van der Waals surface area contributed by atoms with Crippen LogP contribution in [0.4, 0.5) is 15.8 Å². The number of amides is 1. The minimum absolute atomic E-state index is 0.0462. The fraction of sp³-hybridized carbons (Fsp3) is 0.350. The van der Waals surface area contributed by atoms with E-state index in [1.54, 1.807) is 30.3 Å². The predicted molar refractivity (Wildman–Crippen MR) is 103 cm³/mol. The average Bonchev–Trinajstić information content (AvgIpc) is 2.72. The Bertz CT molecular complexity index is 820. The monoisotopic (exact) mass is 387 g/mol.